The van der Waals surface area contributed by atoms with Gasteiger partial charge in [0.25, 0.3) is 5.91 Å². The molecule has 172 valence electrons. The topological polar surface area (TPSA) is 72.5 Å². The number of amides is 1. The SMILES string of the molecule is O=C(Nc1cc(Oc2ccccc2)cc(S(=O)(=O)c2ccccc2)c1)c1cc(F)c(F)cc1Cl. The van der Waals surface area contributed by atoms with Gasteiger partial charge >= 0.3 is 0 Å². The molecule has 9 heteroatoms. The fraction of sp³-hybridized carbons (Fsp3) is 0. The molecule has 4 rings (SSSR count). The van der Waals surface area contributed by atoms with Gasteiger partial charge in [0.05, 0.1) is 20.4 Å². The Morgan fingerprint density at radius 1 is 0.765 bits per heavy atom. The van der Waals surface area contributed by atoms with Crippen molar-refractivity contribution in [1.29, 1.82) is 0 Å². The first kappa shape index (κ1) is 23.4. The van der Waals surface area contributed by atoms with Crippen LogP contribution in [0.15, 0.2) is 101 Å². The van der Waals surface area contributed by atoms with Gasteiger partial charge in [0, 0.05) is 11.8 Å². The zero-order valence-corrected chi connectivity index (χ0v) is 18.9. The number of benzene rings is 4. The van der Waals surface area contributed by atoms with Crippen molar-refractivity contribution in [2.45, 2.75) is 9.79 Å². The second-order valence-corrected chi connectivity index (χ2v) is 9.48. The van der Waals surface area contributed by atoms with Crippen LogP contribution in [0.4, 0.5) is 14.5 Å². The van der Waals surface area contributed by atoms with E-state index in [9.17, 15) is 22.0 Å². The van der Waals surface area contributed by atoms with Gasteiger partial charge in [-0.2, -0.15) is 0 Å². The second-order valence-electron chi connectivity index (χ2n) is 7.12. The Labute approximate surface area is 199 Å². The van der Waals surface area contributed by atoms with Crippen molar-refractivity contribution < 1.29 is 26.7 Å². The molecule has 0 saturated carbocycles. The summed E-state index contributed by atoms with van der Waals surface area (Å²) in [5.74, 6) is -2.73. The molecule has 4 aromatic rings. The van der Waals surface area contributed by atoms with Crippen molar-refractivity contribution in [2.24, 2.45) is 0 Å². The van der Waals surface area contributed by atoms with E-state index in [2.05, 4.69) is 5.32 Å². The van der Waals surface area contributed by atoms with Crippen molar-refractivity contribution in [3.8, 4) is 11.5 Å². The summed E-state index contributed by atoms with van der Waals surface area (Å²) in [6, 6.07) is 21.7. The number of carbonyl (C=O) groups excluding carboxylic acids is 1. The van der Waals surface area contributed by atoms with Gasteiger partial charge < -0.3 is 10.1 Å². The van der Waals surface area contributed by atoms with Crippen LogP contribution in [0.25, 0.3) is 0 Å². The average molecular weight is 500 g/mol. The summed E-state index contributed by atoms with van der Waals surface area (Å²) in [6.07, 6.45) is 0. The Kier molecular flexibility index (Phi) is 6.63. The molecule has 0 aliphatic carbocycles. The number of rotatable bonds is 6. The molecule has 5 nitrogen and oxygen atoms in total. The first-order valence-corrected chi connectivity index (χ1v) is 11.7. The first-order chi connectivity index (χ1) is 16.2. The van der Waals surface area contributed by atoms with E-state index < -0.39 is 27.4 Å². The predicted molar refractivity (Wildman–Crippen MR) is 124 cm³/mol. The zero-order chi connectivity index (χ0) is 24.3. The van der Waals surface area contributed by atoms with E-state index in [1.54, 1.807) is 48.5 Å². The zero-order valence-electron chi connectivity index (χ0n) is 17.3. The Bertz CT molecular complexity index is 1460. The molecule has 0 saturated heterocycles. The number of sulfone groups is 1. The molecule has 0 aromatic heterocycles. The van der Waals surface area contributed by atoms with Crippen molar-refractivity contribution in [1.82, 2.24) is 0 Å². The molecular formula is C25H16ClF2NO4S. The highest BCUT2D eigenvalue weighted by Crippen LogP contribution is 2.32. The van der Waals surface area contributed by atoms with Crippen molar-refractivity contribution in [3.63, 3.8) is 0 Å². The molecule has 0 aliphatic heterocycles. The Hall–Kier alpha value is -3.75. The van der Waals surface area contributed by atoms with Gasteiger partial charge in [-0.25, -0.2) is 17.2 Å². The first-order valence-electron chi connectivity index (χ1n) is 9.88. The summed E-state index contributed by atoms with van der Waals surface area (Å²) < 4.78 is 59.2. The number of carbonyl (C=O) groups is 1. The minimum atomic E-state index is -3.96. The Balaban J connectivity index is 1.76. The van der Waals surface area contributed by atoms with E-state index in [0.29, 0.717) is 17.9 Å². The maximum Gasteiger partial charge on any atom is 0.257 e. The quantitative estimate of drug-likeness (QED) is 0.307. The van der Waals surface area contributed by atoms with Crippen LogP contribution in [-0.4, -0.2) is 14.3 Å². The predicted octanol–water partition coefficient (Wildman–Crippen LogP) is 6.50. The fourth-order valence-corrected chi connectivity index (χ4v) is 4.69. The van der Waals surface area contributed by atoms with Gasteiger partial charge in [-0.15, -0.1) is 0 Å². The van der Waals surface area contributed by atoms with Crippen LogP contribution in [0.3, 0.4) is 0 Å². The summed E-state index contributed by atoms with van der Waals surface area (Å²) in [5, 5.41) is 2.18. The monoisotopic (exact) mass is 499 g/mol. The van der Waals surface area contributed by atoms with Crippen LogP contribution < -0.4 is 10.1 Å². The number of para-hydroxylation sites is 1. The molecule has 0 spiro atoms. The van der Waals surface area contributed by atoms with Gasteiger partial charge in [-0.05, 0) is 48.5 Å². The van der Waals surface area contributed by atoms with Crippen molar-refractivity contribution in [2.75, 3.05) is 5.32 Å². The summed E-state index contributed by atoms with van der Waals surface area (Å²) in [5.41, 5.74) is -0.267. The smallest absolute Gasteiger partial charge is 0.257 e. The van der Waals surface area contributed by atoms with Crippen LogP contribution in [0, 0.1) is 11.6 Å². The lowest BCUT2D eigenvalue weighted by atomic mass is 10.2. The maximum absolute atomic E-state index is 13.7. The minimum Gasteiger partial charge on any atom is -0.457 e. The van der Waals surface area contributed by atoms with E-state index in [1.165, 1.54) is 30.3 Å². The van der Waals surface area contributed by atoms with Gasteiger partial charge in [-0.1, -0.05) is 48.0 Å². The van der Waals surface area contributed by atoms with Gasteiger partial charge in [0.15, 0.2) is 11.6 Å². The van der Waals surface area contributed by atoms with Gasteiger partial charge in [0.1, 0.15) is 11.5 Å². The molecule has 0 heterocycles. The number of hydrogen-bond donors (Lipinski definition) is 1. The molecule has 0 bridgehead atoms. The molecule has 1 amide bonds. The maximum atomic E-state index is 13.7. The van der Waals surface area contributed by atoms with Crippen LogP contribution in [0.1, 0.15) is 10.4 Å². The van der Waals surface area contributed by atoms with Crippen molar-refractivity contribution >= 4 is 33.0 Å². The van der Waals surface area contributed by atoms with Crippen molar-refractivity contribution in [3.05, 3.63) is 113 Å². The third kappa shape index (κ3) is 5.08. The summed E-state index contributed by atoms with van der Waals surface area (Å²) in [7, 11) is -3.96. The third-order valence-corrected chi connectivity index (χ3v) is 6.80. The average Bonchev–Trinajstić information content (AvgIpc) is 2.82. The van der Waals surface area contributed by atoms with E-state index in [0.717, 1.165) is 0 Å². The highest BCUT2D eigenvalue weighted by atomic mass is 35.5. The highest BCUT2D eigenvalue weighted by molar-refractivity contribution is 7.91. The minimum absolute atomic E-state index is 0.0489. The van der Waals surface area contributed by atoms with Crippen LogP contribution in [0.2, 0.25) is 5.02 Å². The molecule has 0 radical (unpaired) electrons. The standard InChI is InChI=1S/C25H16ClF2NO4S/c26-22-15-24(28)23(27)14-21(22)25(30)29-16-11-18(33-17-7-3-1-4-8-17)13-20(12-16)34(31,32)19-9-5-2-6-10-19/h1-15H,(H,29,30). The lowest BCUT2D eigenvalue weighted by molar-refractivity contribution is 0.102. The largest absolute Gasteiger partial charge is 0.457 e. The Morgan fingerprint density at radius 3 is 2.06 bits per heavy atom. The second kappa shape index (κ2) is 9.62. The molecule has 0 fully saturated rings. The fourth-order valence-electron chi connectivity index (χ4n) is 3.11. The van der Waals surface area contributed by atoms with E-state index in [-0.39, 0.29) is 31.8 Å². The molecule has 0 aliphatic rings. The molecule has 0 unspecified atom stereocenters. The van der Waals surface area contributed by atoms with E-state index >= 15 is 0 Å². The highest BCUT2D eigenvalue weighted by Gasteiger charge is 2.21. The van der Waals surface area contributed by atoms with Crippen LogP contribution >= 0.6 is 11.6 Å². The lowest BCUT2D eigenvalue weighted by Gasteiger charge is -2.13. The van der Waals surface area contributed by atoms with Crippen LogP contribution in [0.5, 0.6) is 11.5 Å². The van der Waals surface area contributed by atoms with Gasteiger partial charge in [0.2, 0.25) is 9.84 Å². The summed E-state index contributed by atoms with van der Waals surface area (Å²) in [4.78, 5) is 12.6. The van der Waals surface area contributed by atoms with Crippen LogP contribution in [-0.2, 0) is 9.84 Å². The van der Waals surface area contributed by atoms with E-state index in [1.807, 2.05) is 0 Å². The molecular weight excluding hydrogens is 484 g/mol. The molecule has 0 atom stereocenters. The van der Waals surface area contributed by atoms with Gasteiger partial charge in [-0.3, -0.25) is 4.79 Å². The lowest BCUT2D eigenvalue weighted by Crippen LogP contribution is -2.14. The summed E-state index contributed by atoms with van der Waals surface area (Å²) >= 11 is 5.90. The Morgan fingerprint density at radius 2 is 1.38 bits per heavy atom. The summed E-state index contributed by atoms with van der Waals surface area (Å²) in [6.45, 7) is 0. The number of ether oxygens (including phenoxy) is 1. The molecule has 1 N–H and O–H groups in total. The molecule has 34 heavy (non-hydrogen) atoms. The normalized spacial score (nSPS) is 11.1. The number of hydrogen-bond acceptors (Lipinski definition) is 4. The number of anilines is 1. The molecule has 4 aromatic carbocycles. The van der Waals surface area contributed by atoms with E-state index in [4.69, 9.17) is 16.3 Å². The number of nitrogens with one attached hydrogen (secondary N) is 1. The third-order valence-electron chi connectivity index (χ3n) is 4.74. The number of halogens is 3.